The first-order chi connectivity index (χ1) is 19.7. The maximum absolute atomic E-state index is 10.8. The van der Waals surface area contributed by atoms with Gasteiger partial charge >= 0.3 is 12.6 Å². The number of halogens is 3. The first kappa shape index (κ1) is 34.7. The lowest BCUT2D eigenvalue weighted by molar-refractivity contribution is -0.136. The molecule has 220 valence electrons. The monoisotopic (exact) mass is 569 g/mol. The van der Waals surface area contributed by atoms with Crippen LogP contribution in [0.4, 0.5) is 13.2 Å². The number of benzene rings is 3. The van der Waals surface area contributed by atoms with E-state index in [9.17, 15) is 18.0 Å². The second kappa shape index (κ2) is 18.9. The van der Waals surface area contributed by atoms with E-state index in [0.717, 1.165) is 33.7 Å². The number of hydrogen-bond acceptors (Lipinski definition) is 4. The minimum Gasteiger partial charge on any atom is -0.481 e. The second-order valence-corrected chi connectivity index (χ2v) is 8.12. The van der Waals surface area contributed by atoms with E-state index < -0.39 is 12.6 Å². The van der Waals surface area contributed by atoms with Crippen molar-refractivity contribution in [1.29, 1.82) is 0 Å². The molecule has 5 nitrogen and oxygen atoms in total. The molecule has 4 rings (SSSR count). The van der Waals surface area contributed by atoms with Crippen LogP contribution >= 0.6 is 0 Å². The Labute approximate surface area is 240 Å². The average molecular weight is 570 g/mol. The molecule has 8 heteroatoms. The van der Waals surface area contributed by atoms with E-state index in [-0.39, 0.29) is 6.42 Å². The van der Waals surface area contributed by atoms with Gasteiger partial charge < -0.3 is 14.6 Å². The van der Waals surface area contributed by atoms with Gasteiger partial charge in [-0.1, -0.05) is 57.5 Å². The van der Waals surface area contributed by atoms with Crippen molar-refractivity contribution in [2.45, 2.75) is 61.1 Å². The maximum Gasteiger partial charge on any atom is 0.379 e. The van der Waals surface area contributed by atoms with Gasteiger partial charge in [-0.25, -0.2) is 0 Å². The maximum atomic E-state index is 10.8. The molecule has 0 fully saturated rings. The normalized spacial score (nSPS) is 9.71. The minimum absolute atomic E-state index is 0.111. The number of aliphatic carboxylic acids is 1. The van der Waals surface area contributed by atoms with Gasteiger partial charge in [0.15, 0.2) is 0 Å². The van der Waals surface area contributed by atoms with E-state index in [1.807, 2.05) is 114 Å². The first-order valence-electron chi connectivity index (χ1n) is 13.4. The third-order valence-corrected chi connectivity index (χ3v) is 5.27. The molecule has 4 aromatic rings. The van der Waals surface area contributed by atoms with Crippen LogP contribution in [0.25, 0.3) is 11.3 Å². The predicted octanol–water partition coefficient (Wildman–Crippen LogP) is 10.2. The van der Waals surface area contributed by atoms with E-state index in [4.69, 9.17) is 14.6 Å². The van der Waals surface area contributed by atoms with E-state index in [1.165, 1.54) is 0 Å². The second-order valence-electron chi connectivity index (χ2n) is 8.12. The number of carboxylic acid groups (broad SMARTS) is 1. The Kier molecular flexibility index (Phi) is 16.0. The van der Waals surface area contributed by atoms with Gasteiger partial charge in [-0.2, -0.15) is 13.2 Å². The summed E-state index contributed by atoms with van der Waals surface area (Å²) in [5.41, 5.74) is 4.91. The molecule has 3 aromatic carbocycles. The topological polar surface area (TPSA) is 68.7 Å². The molecule has 1 heterocycles. The Balaban J connectivity index is 0.000000950. The highest BCUT2D eigenvalue weighted by atomic mass is 19.4. The van der Waals surface area contributed by atoms with E-state index in [0.29, 0.717) is 23.7 Å². The molecule has 0 amide bonds. The van der Waals surface area contributed by atoms with Crippen LogP contribution in [-0.2, 0) is 11.2 Å². The summed E-state index contributed by atoms with van der Waals surface area (Å²) in [4.78, 5) is 15.3. The van der Waals surface area contributed by atoms with Crippen LogP contribution in [0.15, 0.2) is 85.1 Å². The van der Waals surface area contributed by atoms with Crippen molar-refractivity contribution < 1.29 is 32.5 Å². The molecule has 0 saturated carbocycles. The van der Waals surface area contributed by atoms with Crippen LogP contribution in [0.5, 0.6) is 23.0 Å². The Morgan fingerprint density at radius 1 is 0.805 bits per heavy atom. The van der Waals surface area contributed by atoms with Crippen LogP contribution in [0.1, 0.15) is 50.8 Å². The Hall–Kier alpha value is -4.33. The smallest absolute Gasteiger partial charge is 0.379 e. The number of hydrogen-bond donors (Lipinski definition) is 1. The van der Waals surface area contributed by atoms with Gasteiger partial charge in [0, 0.05) is 24.2 Å². The van der Waals surface area contributed by atoms with Crippen molar-refractivity contribution in [2.24, 2.45) is 0 Å². The van der Waals surface area contributed by atoms with Gasteiger partial charge in [-0.15, -0.1) is 0 Å². The molecule has 1 N–H and O–H groups in total. The van der Waals surface area contributed by atoms with Crippen molar-refractivity contribution in [3.8, 4) is 34.3 Å². The first-order valence-corrected chi connectivity index (χ1v) is 13.4. The number of carboxylic acids is 1. The summed E-state index contributed by atoms with van der Waals surface area (Å²) in [7, 11) is 0. The van der Waals surface area contributed by atoms with Crippen molar-refractivity contribution in [1.82, 2.24) is 4.98 Å². The van der Waals surface area contributed by atoms with E-state index in [2.05, 4.69) is 11.1 Å². The molecule has 0 radical (unpaired) electrons. The quantitative estimate of drug-likeness (QED) is 0.229. The van der Waals surface area contributed by atoms with E-state index in [1.54, 1.807) is 6.20 Å². The highest BCUT2D eigenvalue weighted by Gasteiger charge is 2.10. The number of nitrogens with zero attached hydrogens (tertiary/aromatic N) is 1. The molecule has 0 bridgehead atoms. The summed E-state index contributed by atoms with van der Waals surface area (Å²) in [6.45, 7) is 8.33. The largest absolute Gasteiger partial charge is 0.481 e. The number of aryl methyl sites for hydroxylation is 3. The van der Waals surface area contributed by atoms with E-state index >= 15 is 0 Å². The summed E-state index contributed by atoms with van der Waals surface area (Å²) in [6.07, 6.45) is 2.38. The zero-order valence-corrected chi connectivity index (χ0v) is 24.3. The van der Waals surface area contributed by atoms with Crippen LogP contribution < -0.4 is 9.47 Å². The number of aromatic nitrogens is 1. The molecule has 0 aliphatic carbocycles. The van der Waals surface area contributed by atoms with Crippen molar-refractivity contribution >= 4 is 5.97 Å². The fourth-order valence-corrected chi connectivity index (χ4v) is 3.57. The molecule has 41 heavy (non-hydrogen) atoms. The lowest BCUT2D eigenvalue weighted by atomic mass is 10.0. The molecule has 0 aliphatic rings. The summed E-state index contributed by atoms with van der Waals surface area (Å²) < 4.78 is 41.3. The number of rotatable bonds is 8. The number of carbonyl (C=O) groups is 1. The van der Waals surface area contributed by atoms with Crippen LogP contribution in [-0.4, -0.2) is 22.7 Å². The van der Waals surface area contributed by atoms with Gasteiger partial charge in [-0.3, -0.25) is 9.78 Å². The Bertz CT molecular complexity index is 1330. The average Bonchev–Trinajstić information content (AvgIpc) is 2.96. The standard InChI is InChI=1S/C28H25NO4.2C2H6.CHF3/c1-19-9-13-27(25(16-19)26-8-3-4-15-29-26)33-23-7-5-6-22(18-23)32-24-12-10-21(20(2)17-24)11-14-28(30)31;2*1-2;2-1(3)4/h3-10,12-13,15-18H,11,14H2,1-2H3,(H,30,31);2*1-2H3;1H. The van der Waals surface area contributed by atoms with Crippen molar-refractivity contribution in [2.75, 3.05) is 0 Å². The number of alkyl halides is 3. The number of ether oxygens (including phenoxy) is 2. The third-order valence-electron chi connectivity index (χ3n) is 5.27. The SMILES string of the molecule is CC.CC.Cc1ccc(Oc2cccc(Oc3ccc(CCC(=O)O)c(C)c3)c2)c(-c2ccccn2)c1.FC(F)F. The summed E-state index contributed by atoms with van der Waals surface area (Å²) >= 11 is 0. The lowest BCUT2D eigenvalue weighted by Gasteiger charge is -2.13. The fraction of sp³-hybridized carbons (Fsp3) is 0.273. The summed E-state index contributed by atoms with van der Waals surface area (Å²) in [5.74, 6) is 1.91. The summed E-state index contributed by atoms with van der Waals surface area (Å²) in [5, 5.41) is 8.90. The van der Waals surface area contributed by atoms with Gasteiger partial charge in [0.05, 0.1) is 5.69 Å². The predicted molar refractivity (Wildman–Crippen MR) is 158 cm³/mol. The lowest BCUT2D eigenvalue weighted by Crippen LogP contribution is -1.99. The van der Waals surface area contributed by atoms with Gasteiger partial charge in [0.1, 0.15) is 23.0 Å². The molecular formula is C33H38F3NO4. The van der Waals surface area contributed by atoms with Crippen LogP contribution in [0, 0.1) is 13.8 Å². The number of pyridine rings is 1. The highest BCUT2D eigenvalue weighted by molar-refractivity contribution is 5.68. The summed E-state index contributed by atoms with van der Waals surface area (Å²) in [6, 6.07) is 25.0. The van der Waals surface area contributed by atoms with Crippen molar-refractivity contribution in [3.63, 3.8) is 0 Å². The molecule has 0 aliphatic heterocycles. The molecule has 0 atom stereocenters. The zero-order chi connectivity index (χ0) is 30.8. The third kappa shape index (κ3) is 12.6. The van der Waals surface area contributed by atoms with Crippen LogP contribution in [0.3, 0.4) is 0 Å². The minimum atomic E-state index is -3.67. The fourth-order valence-electron chi connectivity index (χ4n) is 3.57. The van der Waals surface area contributed by atoms with Gasteiger partial charge in [0.2, 0.25) is 0 Å². The van der Waals surface area contributed by atoms with Gasteiger partial charge in [-0.05, 0) is 79.9 Å². The highest BCUT2D eigenvalue weighted by Crippen LogP contribution is 2.35. The molecule has 0 saturated heterocycles. The van der Waals surface area contributed by atoms with Crippen molar-refractivity contribution in [3.05, 3.63) is 102 Å². The van der Waals surface area contributed by atoms with Gasteiger partial charge in [0.25, 0.3) is 0 Å². The van der Waals surface area contributed by atoms with Crippen LogP contribution in [0.2, 0.25) is 0 Å². The molecular weight excluding hydrogens is 531 g/mol. The zero-order valence-electron chi connectivity index (χ0n) is 24.3. The Morgan fingerprint density at radius 3 is 2.02 bits per heavy atom. The molecule has 0 spiro atoms. The molecule has 1 aromatic heterocycles. The Morgan fingerprint density at radius 2 is 1.44 bits per heavy atom. The molecule has 0 unspecified atom stereocenters.